The van der Waals surface area contributed by atoms with E-state index in [1.165, 1.54) is 0 Å². The van der Waals surface area contributed by atoms with E-state index in [1.54, 1.807) is 13.2 Å². The molecule has 2 aliphatic rings. The minimum absolute atomic E-state index is 0.0374. The number of benzene rings is 1. The van der Waals surface area contributed by atoms with Crippen molar-refractivity contribution in [3.8, 4) is 11.5 Å². The molecule has 0 spiro atoms. The second-order valence-corrected chi connectivity index (χ2v) is 4.53. The Morgan fingerprint density at radius 2 is 2.29 bits per heavy atom. The molecule has 2 heterocycles. The van der Waals surface area contributed by atoms with Crippen molar-refractivity contribution in [2.45, 2.75) is 12.3 Å². The Kier molecular flexibility index (Phi) is 2.52. The summed E-state index contributed by atoms with van der Waals surface area (Å²) in [4.78, 5) is 11.9. The predicted octanol–water partition coefficient (Wildman–Crippen LogP) is 1.31. The van der Waals surface area contributed by atoms with Gasteiger partial charge in [-0.1, -0.05) is 6.07 Å². The summed E-state index contributed by atoms with van der Waals surface area (Å²) in [7, 11) is 1.61. The zero-order valence-corrected chi connectivity index (χ0v) is 9.73. The molecule has 90 valence electrons. The van der Waals surface area contributed by atoms with Gasteiger partial charge in [0, 0.05) is 18.5 Å². The Labute approximate surface area is 99.9 Å². The molecule has 0 saturated carbocycles. The van der Waals surface area contributed by atoms with E-state index in [1.807, 2.05) is 12.1 Å². The fourth-order valence-corrected chi connectivity index (χ4v) is 2.70. The SMILES string of the molecule is COc1ccc2c(c1)OC(=O)C1CNCCC21. The van der Waals surface area contributed by atoms with Gasteiger partial charge in [-0.05, 0) is 24.6 Å². The summed E-state index contributed by atoms with van der Waals surface area (Å²) in [6.45, 7) is 1.68. The minimum Gasteiger partial charge on any atom is -0.497 e. The third kappa shape index (κ3) is 1.69. The van der Waals surface area contributed by atoms with Gasteiger partial charge < -0.3 is 14.8 Å². The number of carbonyl (C=O) groups excluding carboxylic acids is 1. The van der Waals surface area contributed by atoms with Crippen LogP contribution < -0.4 is 14.8 Å². The monoisotopic (exact) mass is 233 g/mol. The molecule has 0 radical (unpaired) electrons. The van der Waals surface area contributed by atoms with Crippen molar-refractivity contribution in [3.05, 3.63) is 23.8 Å². The van der Waals surface area contributed by atoms with Crippen LogP contribution in [0.25, 0.3) is 0 Å². The minimum atomic E-state index is -0.122. The van der Waals surface area contributed by atoms with E-state index < -0.39 is 0 Å². The first-order chi connectivity index (χ1) is 8.29. The van der Waals surface area contributed by atoms with Crippen LogP contribution in [0.2, 0.25) is 0 Å². The van der Waals surface area contributed by atoms with Crippen LogP contribution in [-0.4, -0.2) is 26.2 Å². The fourth-order valence-electron chi connectivity index (χ4n) is 2.70. The van der Waals surface area contributed by atoms with Gasteiger partial charge in [-0.15, -0.1) is 0 Å². The lowest BCUT2D eigenvalue weighted by molar-refractivity contribution is -0.141. The van der Waals surface area contributed by atoms with Gasteiger partial charge in [-0.2, -0.15) is 0 Å². The molecule has 0 amide bonds. The third-order valence-electron chi connectivity index (χ3n) is 3.62. The summed E-state index contributed by atoms with van der Waals surface area (Å²) in [5.74, 6) is 1.52. The highest BCUT2D eigenvalue weighted by molar-refractivity contribution is 5.80. The van der Waals surface area contributed by atoms with Gasteiger partial charge in [-0.3, -0.25) is 4.79 Å². The van der Waals surface area contributed by atoms with Crippen LogP contribution in [0.5, 0.6) is 11.5 Å². The summed E-state index contributed by atoms with van der Waals surface area (Å²) in [6.07, 6.45) is 0.985. The van der Waals surface area contributed by atoms with Gasteiger partial charge >= 0.3 is 5.97 Å². The molecule has 0 aliphatic carbocycles. The lowest BCUT2D eigenvalue weighted by Gasteiger charge is -2.35. The largest absolute Gasteiger partial charge is 0.497 e. The van der Waals surface area contributed by atoms with Gasteiger partial charge in [0.15, 0.2) is 0 Å². The Bertz CT molecular complexity index is 458. The summed E-state index contributed by atoms with van der Waals surface area (Å²) >= 11 is 0. The van der Waals surface area contributed by atoms with Gasteiger partial charge in [-0.25, -0.2) is 0 Å². The van der Waals surface area contributed by atoms with Crippen LogP contribution in [0.1, 0.15) is 17.9 Å². The van der Waals surface area contributed by atoms with Crippen molar-refractivity contribution >= 4 is 5.97 Å². The lowest BCUT2D eigenvalue weighted by atomic mass is 9.79. The number of fused-ring (bicyclic) bond motifs is 3. The number of hydrogen-bond acceptors (Lipinski definition) is 4. The topological polar surface area (TPSA) is 47.6 Å². The second kappa shape index (κ2) is 4.04. The van der Waals surface area contributed by atoms with Gasteiger partial charge in [0.1, 0.15) is 11.5 Å². The van der Waals surface area contributed by atoms with Crippen LogP contribution in [0.4, 0.5) is 0 Å². The first-order valence-electron chi connectivity index (χ1n) is 5.90. The predicted molar refractivity (Wildman–Crippen MR) is 62.3 cm³/mol. The molecule has 1 aromatic rings. The van der Waals surface area contributed by atoms with Crippen molar-refractivity contribution in [2.24, 2.45) is 5.92 Å². The maximum atomic E-state index is 11.9. The first kappa shape index (κ1) is 10.6. The molecule has 1 saturated heterocycles. The normalized spacial score (nSPS) is 26.8. The number of rotatable bonds is 1. The lowest BCUT2D eigenvalue weighted by Crippen LogP contribution is -2.43. The molecular weight excluding hydrogens is 218 g/mol. The van der Waals surface area contributed by atoms with E-state index in [2.05, 4.69) is 5.32 Å². The molecule has 1 N–H and O–H groups in total. The van der Waals surface area contributed by atoms with Crippen LogP contribution in [0.3, 0.4) is 0 Å². The number of methoxy groups -OCH3 is 1. The molecule has 2 aliphatic heterocycles. The molecule has 0 aromatic heterocycles. The third-order valence-corrected chi connectivity index (χ3v) is 3.62. The summed E-state index contributed by atoms with van der Waals surface area (Å²) in [6, 6.07) is 5.74. The van der Waals surface area contributed by atoms with Gasteiger partial charge in [0.05, 0.1) is 13.0 Å². The zero-order valence-electron chi connectivity index (χ0n) is 9.73. The average molecular weight is 233 g/mol. The van der Waals surface area contributed by atoms with E-state index in [9.17, 15) is 4.79 Å². The van der Waals surface area contributed by atoms with Crippen molar-refractivity contribution in [3.63, 3.8) is 0 Å². The molecule has 1 fully saturated rings. The molecule has 2 unspecified atom stereocenters. The number of carbonyl (C=O) groups is 1. The van der Waals surface area contributed by atoms with E-state index in [0.717, 1.165) is 30.8 Å². The number of nitrogens with one attached hydrogen (secondary N) is 1. The fraction of sp³-hybridized carbons (Fsp3) is 0.462. The standard InChI is InChI=1S/C13H15NO3/c1-16-8-2-3-10-9-4-5-14-7-11(9)13(15)17-12(10)6-8/h2-3,6,9,11,14H,4-5,7H2,1H3. The van der Waals surface area contributed by atoms with Crippen LogP contribution in [0.15, 0.2) is 18.2 Å². The van der Waals surface area contributed by atoms with Crippen LogP contribution in [-0.2, 0) is 4.79 Å². The van der Waals surface area contributed by atoms with Gasteiger partial charge in [0.2, 0.25) is 0 Å². The summed E-state index contributed by atoms with van der Waals surface area (Å²) in [5, 5.41) is 3.24. The van der Waals surface area contributed by atoms with Crippen molar-refractivity contribution in [1.82, 2.24) is 5.32 Å². The van der Waals surface area contributed by atoms with E-state index in [0.29, 0.717) is 11.7 Å². The number of piperidine rings is 1. The average Bonchev–Trinajstić information content (AvgIpc) is 2.38. The summed E-state index contributed by atoms with van der Waals surface area (Å²) < 4.78 is 10.5. The molecule has 3 rings (SSSR count). The zero-order chi connectivity index (χ0) is 11.8. The second-order valence-electron chi connectivity index (χ2n) is 4.53. The smallest absolute Gasteiger partial charge is 0.316 e. The van der Waals surface area contributed by atoms with E-state index >= 15 is 0 Å². The van der Waals surface area contributed by atoms with Gasteiger partial charge in [0.25, 0.3) is 0 Å². The highest BCUT2D eigenvalue weighted by Crippen LogP contribution is 2.42. The maximum Gasteiger partial charge on any atom is 0.316 e. The molecule has 0 bridgehead atoms. The molecular formula is C13H15NO3. The maximum absolute atomic E-state index is 11.9. The van der Waals surface area contributed by atoms with Crippen LogP contribution >= 0.6 is 0 Å². The highest BCUT2D eigenvalue weighted by Gasteiger charge is 2.39. The summed E-state index contributed by atoms with van der Waals surface area (Å²) in [5.41, 5.74) is 1.14. The number of hydrogen-bond donors (Lipinski definition) is 1. The molecule has 4 nitrogen and oxygen atoms in total. The van der Waals surface area contributed by atoms with Crippen molar-refractivity contribution in [1.29, 1.82) is 0 Å². The Hall–Kier alpha value is -1.55. The Morgan fingerprint density at radius 1 is 1.41 bits per heavy atom. The van der Waals surface area contributed by atoms with Crippen molar-refractivity contribution < 1.29 is 14.3 Å². The Morgan fingerprint density at radius 3 is 3.12 bits per heavy atom. The Balaban J connectivity index is 2.02. The van der Waals surface area contributed by atoms with E-state index in [-0.39, 0.29) is 11.9 Å². The molecule has 2 atom stereocenters. The van der Waals surface area contributed by atoms with Crippen molar-refractivity contribution in [2.75, 3.05) is 20.2 Å². The molecule has 4 heteroatoms. The molecule has 1 aromatic carbocycles. The quantitative estimate of drug-likeness (QED) is 0.587. The highest BCUT2D eigenvalue weighted by atomic mass is 16.5. The number of ether oxygens (including phenoxy) is 2. The number of esters is 1. The van der Waals surface area contributed by atoms with E-state index in [4.69, 9.17) is 9.47 Å². The first-order valence-corrected chi connectivity index (χ1v) is 5.90. The van der Waals surface area contributed by atoms with Crippen LogP contribution in [0, 0.1) is 5.92 Å². The molecule has 17 heavy (non-hydrogen) atoms.